The molecular formula is C9H15N4O8P. The monoisotopic (exact) mass is 338 g/mol. The van der Waals surface area contributed by atoms with Crippen LogP contribution in [0.15, 0.2) is 6.33 Å². The van der Waals surface area contributed by atoms with Crippen molar-refractivity contribution in [2.45, 2.75) is 24.5 Å². The predicted molar refractivity (Wildman–Crippen MR) is 69.1 cm³/mol. The number of hydrogen-bond acceptors (Lipinski definition) is 8. The van der Waals surface area contributed by atoms with Gasteiger partial charge in [0.2, 0.25) is 0 Å². The number of aliphatic hydroxyl groups is 2. The number of amides is 1. The second-order valence-electron chi connectivity index (χ2n) is 4.58. The maximum Gasteiger partial charge on any atom is 0.469 e. The zero-order chi connectivity index (χ0) is 16.7. The van der Waals surface area contributed by atoms with Crippen LogP contribution in [-0.4, -0.2) is 60.4 Å². The summed E-state index contributed by atoms with van der Waals surface area (Å²) in [6.45, 7) is -0.656. The van der Waals surface area contributed by atoms with Gasteiger partial charge in [-0.15, -0.1) is 0 Å². The molecule has 1 aliphatic heterocycles. The summed E-state index contributed by atoms with van der Waals surface area (Å²) in [6, 6.07) is 0. The highest BCUT2D eigenvalue weighted by molar-refractivity contribution is 7.46. The van der Waals surface area contributed by atoms with Crippen molar-refractivity contribution >= 4 is 19.5 Å². The molecule has 0 spiro atoms. The predicted octanol–water partition coefficient (Wildman–Crippen LogP) is -2.71. The molecule has 12 nitrogen and oxygen atoms in total. The van der Waals surface area contributed by atoms with Gasteiger partial charge < -0.3 is 36.2 Å². The molecule has 0 aliphatic carbocycles. The van der Waals surface area contributed by atoms with Crippen LogP contribution in [0.25, 0.3) is 0 Å². The van der Waals surface area contributed by atoms with Crippen LogP contribution in [0.5, 0.6) is 0 Å². The van der Waals surface area contributed by atoms with E-state index in [1.807, 2.05) is 0 Å². The van der Waals surface area contributed by atoms with E-state index in [0.29, 0.717) is 0 Å². The first-order valence-electron chi connectivity index (χ1n) is 5.95. The third-order valence-corrected chi connectivity index (χ3v) is 3.57. The number of nitrogens with zero attached hydrogens (tertiary/aromatic N) is 2. The van der Waals surface area contributed by atoms with Crippen LogP contribution in [0.2, 0.25) is 0 Å². The Bertz CT molecular complexity index is 615. The summed E-state index contributed by atoms with van der Waals surface area (Å²) in [5.41, 5.74) is 10.5. The minimum Gasteiger partial charge on any atom is -0.387 e. The second kappa shape index (κ2) is 5.93. The van der Waals surface area contributed by atoms with Gasteiger partial charge in [-0.1, -0.05) is 0 Å². The van der Waals surface area contributed by atoms with Gasteiger partial charge in [-0.05, 0) is 0 Å². The van der Waals surface area contributed by atoms with Crippen molar-refractivity contribution in [3.63, 3.8) is 0 Å². The molecule has 1 aromatic rings. The molecule has 0 bridgehead atoms. The standard InChI is InChI=1S/C9H15N4O8P/c10-7-4(8(11)16)12-2-13(7)9-6(15)5(14)3(21-9)1-20-22(17,18)19/h2-3,5-6,9,14-15H,1,10H2,(H2,11,16)(H2,17,18,19)/t3-,5+,6+,9-/m1/s1. The molecule has 1 amide bonds. The molecule has 0 saturated carbocycles. The quantitative estimate of drug-likeness (QED) is 0.306. The molecule has 2 heterocycles. The lowest BCUT2D eigenvalue weighted by molar-refractivity contribution is -0.0510. The average molecular weight is 338 g/mol. The fourth-order valence-corrected chi connectivity index (χ4v) is 2.37. The van der Waals surface area contributed by atoms with E-state index < -0.39 is 44.9 Å². The number of rotatable bonds is 5. The lowest BCUT2D eigenvalue weighted by Gasteiger charge is -2.17. The lowest BCUT2D eigenvalue weighted by atomic mass is 10.1. The minimum atomic E-state index is -4.75. The van der Waals surface area contributed by atoms with Crippen molar-refractivity contribution in [3.05, 3.63) is 12.0 Å². The number of aliphatic hydroxyl groups excluding tert-OH is 2. The van der Waals surface area contributed by atoms with Crippen molar-refractivity contribution in [1.29, 1.82) is 0 Å². The third-order valence-electron chi connectivity index (χ3n) is 3.08. The van der Waals surface area contributed by atoms with Gasteiger partial charge >= 0.3 is 7.82 Å². The number of carbonyl (C=O) groups excluding carboxylic acids is 1. The van der Waals surface area contributed by atoms with Crippen LogP contribution >= 0.6 is 7.82 Å². The molecule has 8 N–H and O–H groups in total. The molecule has 1 saturated heterocycles. The van der Waals surface area contributed by atoms with Gasteiger partial charge in [-0.3, -0.25) is 13.9 Å². The van der Waals surface area contributed by atoms with Crippen LogP contribution in [-0.2, 0) is 13.8 Å². The Labute approximate surface area is 123 Å². The van der Waals surface area contributed by atoms with E-state index in [-0.39, 0.29) is 11.5 Å². The maximum absolute atomic E-state index is 11.1. The molecular weight excluding hydrogens is 323 g/mol. The molecule has 0 aromatic carbocycles. The number of anilines is 1. The molecule has 2 rings (SSSR count). The van der Waals surface area contributed by atoms with Crippen molar-refractivity contribution in [3.8, 4) is 0 Å². The first-order chi connectivity index (χ1) is 10.1. The van der Waals surface area contributed by atoms with Gasteiger partial charge in [-0.25, -0.2) is 9.55 Å². The number of imidazole rings is 1. The van der Waals surface area contributed by atoms with E-state index in [9.17, 15) is 19.6 Å². The zero-order valence-corrected chi connectivity index (χ0v) is 11.9. The summed E-state index contributed by atoms with van der Waals surface area (Å²) in [5, 5.41) is 19.8. The van der Waals surface area contributed by atoms with E-state index in [0.717, 1.165) is 10.9 Å². The van der Waals surface area contributed by atoms with Crippen LogP contribution < -0.4 is 11.5 Å². The number of nitrogens with two attached hydrogens (primary N) is 2. The Morgan fingerprint density at radius 2 is 2.09 bits per heavy atom. The summed E-state index contributed by atoms with van der Waals surface area (Å²) in [5.74, 6) is -1.06. The van der Waals surface area contributed by atoms with Gasteiger partial charge in [-0.2, -0.15) is 0 Å². The number of ether oxygens (including phenoxy) is 1. The topological polar surface area (TPSA) is 203 Å². The lowest BCUT2D eigenvalue weighted by Crippen LogP contribution is -2.33. The van der Waals surface area contributed by atoms with Crippen molar-refractivity contribution < 1.29 is 38.6 Å². The number of hydrogen-bond donors (Lipinski definition) is 6. The Balaban J connectivity index is 2.16. The maximum atomic E-state index is 11.1. The van der Waals surface area contributed by atoms with Crippen LogP contribution in [0.1, 0.15) is 16.7 Å². The molecule has 0 radical (unpaired) electrons. The number of phosphoric acid groups is 1. The Hall–Kier alpha value is -1.53. The SMILES string of the molecule is NC(=O)c1ncn([C@@H]2O[C@H](COP(=O)(O)O)[C@H](O)[C@@H]2O)c1N. The highest BCUT2D eigenvalue weighted by Gasteiger charge is 2.45. The number of aromatic nitrogens is 2. The van der Waals surface area contributed by atoms with Crippen LogP contribution in [0.4, 0.5) is 5.82 Å². The van der Waals surface area contributed by atoms with Gasteiger partial charge in [0.1, 0.15) is 24.1 Å². The summed E-state index contributed by atoms with van der Waals surface area (Å²) >= 11 is 0. The second-order valence-corrected chi connectivity index (χ2v) is 5.82. The highest BCUT2D eigenvalue weighted by atomic mass is 31.2. The first kappa shape index (κ1) is 16.8. The van der Waals surface area contributed by atoms with Gasteiger partial charge in [0.25, 0.3) is 5.91 Å². The Morgan fingerprint density at radius 3 is 2.59 bits per heavy atom. The van der Waals surface area contributed by atoms with Crippen molar-refractivity contribution in [1.82, 2.24) is 9.55 Å². The van der Waals surface area contributed by atoms with Gasteiger partial charge in [0.05, 0.1) is 12.9 Å². The number of phosphoric ester groups is 1. The minimum absolute atomic E-state index is 0.180. The average Bonchev–Trinajstić information content (AvgIpc) is 2.90. The zero-order valence-electron chi connectivity index (χ0n) is 11.0. The van der Waals surface area contributed by atoms with E-state index in [1.165, 1.54) is 0 Å². The number of nitrogen functional groups attached to an aromatic ring is 1. The molecule has 1 aliphatic rings. The molecule has 1 aromatic heterocycles. The normalized spacial score (nSPS) is 28.9. The van der Waals surface area contributed by atoms with Gasteiger partial charge in [0.15, 0.2) is 11.9 Å². The fourth-order valence-electron chi connectivity index (χ4n) is 2.03. The number of primary amides is 1. The summed E-state index contributed by atoms with van der Waals surface area (Å²) in [4.78, 5) is 32.0. The van der Waals surface area contributed by atoms with E-state index >= 15 is 0 Å². The summed E-state index contributed by atoms with van der Waals surface area (Å²) in [6.07, 6.45) is -4.33. The summed E-state index contributed by atoms with van der Waals surface area (Å²) < 4.78 is 21.2. The molecule has 0 unspecified atom stereocenters. The summed E-state index contributed by atoms with van der Waals surface area (Å²) in [7, 11) is -4.75. The largest absolute Gasteiger partial charge is 0.469 e. The van der Waals surface area contributed by atoms with E-state index in [1.54, 1.807) is 0 Å². The number of carbonyl (C=O) groups is 1. The van der Waals surface area contributed by atoms with Crippen LogP contribution in [0, 0.1) is 0 Å². The smallest absolute Gasteiger partial charge is 0.387 e. The Kier molecular flexibility index (Phi) is 4.54. The van der Waals surface area contributed by atoms with E-state index in [2.05, 4.69) is 9.51 Å². The molecule has 13 heteroatoms. The van der Waals surface area contributed by atoms with Crippen molar-refractivity contribution in [2.24, 2.45) is 5.73 Å². The molecule has 4 atom stereocenters. The molecule has 22 heavy (non-hydrogen) atoms. The first-order valence-corrected chi connectivity index (χ1v) is 7.48. The third kappa shape index (κ3) is 3.28. The molecule has 1 fully saturated rings. The fraction of sp³-hybridized carbons (Fsp3) is 0.556. The molecule has 124 valence electrons. The van der Waals surface area contributed by atoms with Gasteiger partial charge in [0, 0.05) is 0 Å². The van der Waals surface area contributed by atoms with Crippen LogP contribution in [0.3, 0.4) is 0 Å². The van der Waals surface area contributed by atoms with E-state index in [4.69, 9.17) is 26.0 Å². The van der Waals surface area contributed by atoms with Crippen molar-refractivity contribution in [2.75, 3.05) is 12.3 Å². The Morgan fingerprint density at radius 1 is 1.45 bits per heavy atom. The highest BCUT2D eigenvalue weighted by Crippen LogP contribution is 2.38.